The van der Waals surface area contributed by atoms with Gasteiger partial charge in [-0.25, -0.2) is 4.79 Å². The van der Waals surface area contributed by atoms with E-state index in [0.717, 1.165) is 0 Å². The van der Waals surface area contributed by atoms with Gasteiger partial charge >= 0.3 is 6.09 Å². The van der Waals surface area contributed by atoms with E-state index in [2.05, 4.69) is 0 Å². The molecule has 0 aromatic heterocycles. The van der Waals surface area contributed by atoms with E-state index < -0.39 is 6.09 Å². The number of rotatable bonds is 2. The molecule has 1 saturated heterocycles. The maximum absolute atomic E-state index is 11.6. The molecule has 0 bridgehead atoms. The van der Waals surface area contributed by atoms with Crippen LogP contribution in [0.1, 0.15) is 5.56 Å². The van der Waals surface area contributed by atoms with Gasteiger partial charge in [-0.05, 0) is 24.3 Å². The van der Waals surface area contributed by atoms with Crippen molar-refractivity contribution in [1.29, 1.82) is 5.26 Å². The maximum Gasteiger partial charge on any atom is 0.414 e. The van der Waals surface area contributed by atoms with E-state index in [0.29, 0.717) is 17.8 Å². The smallest absolute Gasteiger partial charge is 0.414 e. The van der Waals surface area contributed by atoms with Gasteiger partial charge in [-0.3, -0.25) is 4.90 Å². The Kier molecular flexibility index (Phi) is 3.26. The zero-order valence-electron chi connectivity index (χ0n) is 9.17. The Morgan fingerprint density at radius 2 is 2.18 bits per heavy atom. The van der Waals surface area contributed by atoms with Gasteiger partial charge in [-0.2, -0.15) is 5.26 Å². The molecule has 1 heterocycles. The van der Waals surface area contributed by atoms with Gasteiger partial charge in [0.05, 0.1) is 24.8 Å². The molecule has 0 saturated carbocycles. The molecule has 1 aromatic rings. The number of carbonyl (C=O) groups excluding carboxylic acids is 1. The van der Waals surface area contributed by atoms with Crippen LogP contribution in [0.3, 0.4) is 0 Å². The predicted octanol–water partition coefficient (Wildman–Crippen LogP) is 1.12. The van der Waals surface area contributed by atoms with Crippen molar-refractivity contribution in [3.05, 3.63) is 29.8 Å². The van der Waals surface area contributed by atoms with Crippen LogP contribution in [0.2, 0.25) is 0 Å². The van der Waals surface area contributed by atoms with Crippen molar-refractivity contribution in [2.75, 3.05) is 24.7 Å². The van der Waals surface area contributed by atoms with Gasteiger partial charge in [0.15, 0.2) is 0 Å². The fourth-order valence-corrected chi connectivity index (χ4v) is 1.69. The number of hydrogen-bond acceptors (Lipinski definition) is 4. The summed E-state index contributed by atoms with van der Waals surface area (Å²) in [6, 6.07) is 8.69. The van der Waals surface area contributed by atoms with Crippen LogP contribution in [-0.4, -0.2) is 31.0 Å². The average Bonchev–Trinajstić information content (AvgIpc) is 2.39. The SMILES string of the molecule is N#Cc1ccc(N2CC(CO)COC2=O)cc1. The van der Waals surface area contributed by atoms with E-state index in [1.807, 2.05) is 6.07 Å². The molecule has 0 radical (unpaired) electrons. The van der Waals surface area contributed by atoms with Gasteiger partial charge in [0.1, 0.15) is 0 Å². The minimum absolute atomic E-state index is 0.0138. The lowest BCUT2D eigenvalue weighted by molar-refractivity contribution is 0.0900. The number of amides is 1. The molecule has 1 fully saturated rings. The first-order valence-electron chi connectivity index (χ1n) is 5.30. The standard InChI is InChI=1S/C12H12N2O3/c13-5-9-1-3-11(4-2-9)14-6-10(7-15)8-17-12(14)16/h1-4,10,15H,6-8H2. The maximum atomic E-state index is 11.6. The van der Waals surface area contributed by atoms with Gasteiger partial charge < -0.3 is 9.84 Å². The number of benzene rings is 1. The molecule has 1 aliphatic heterocycles. The highest BCUT2D eigenvalue weighted by atomic mass is 16.6. The second kappa shape index (κ2) is 4.85. The third kappa shape index (κ3) is 2.37. The largest absolute Gasteiger partial charge is 0.449 e. The monoisotopic (exact) mass is 232 g/mol. The first-order chi connectivity index (χ1) is 8.24. The number of aliphatic hydroxyl groups is 1. The topological polar surface area (TPSA) is 73.6 Å². The van der Waals surface area contributed by atoms with E-state index >= 15 is 0 Å². The van der Waals surface area contributed by atoms with Crippen LogP contribution in [0.5, 0.6) is 0 Å². The van der Waals surface area contributed by atoms with Crippen molar-refractivity contribution >= 4 is 11.8 Å². The number of nitrogens with zero attached hydrogens (tertiary/aromatic N) is 2. The van der Waals surface area contributed by atoms with Crippen LogP contribution in [0, 0.1) is 17.2 Å². The Balaban J connectivity index is 2.19. The zero-order chi connectivity index (χ0) is 12.3. The highest BCUT2D eigenvalue weighted by molar-refractivity contribution is 5.88. The van der Waals surface area contributed by atoms with Gasteiger partial charge in [0, 0.05) is 18.2 Å². The number of anilines is 1. The summed E-state index contributed by atoms with van der Waals surface area (Å²) < 4.78 is 4.97. The number of aliphatic hydroxyl groups excluding tert-OH is 1. The summed E-state index contributed by atoms with van der Waals surface area (Å²) in [5.74, 6) is -0.0663. The van der Waals surface area contributed by atoms with Crippen LogP contribution in [-0.2, 0) is 4.74 Å². The Labute approximate surface area is 98.8 Å². The summed E-state index contributed by atoms with van der Waals surface area (Å²) in [6.45, 7) is 0.670. The van der Waals surface area contributed by atoms with E-state index in [4.69, 9.17) is 15.1 Å². The number of carbonyl (C=O) groups is 1. The van der Waals surface area contributed by atoms with Crippen molar-refractivity contribution in [2.24, 2.45) is 5.92 Å². The molecule has 88 valence electrons. The fourth-order valence-electron chi connectivity index (χ4n) is 1.69. The van der Waals surface area contributed by atoms with E-state index in [9.17, 15) is 4.79 Å². The molecule has 17 heavy (non-hydrogen) atoms. The quantitative estimate of drug-likeness (QED) is 0.829. The molecule has 0 aliphatic carbocycles. The average molecular weight is 232 g/mol. The van der Waals surface area contributed by atoms with Crippen LogP contribution < -0.4 is 4.90 Å². The number of nitriles is 1. The van der Waals surface area contributed by atoms with Crippen LogP contribution >= 0.6 is 0 Å². The summed E-state index contributed by atoms with van der Waals surface area (Å²) in [5.41, 5.74) is 1.21. The van der Waals surface area contributed by atoms with Gasteiger partial charge in [0.25, 0.3) is 0 Å². The Morgan fingerprint density at radius 3 is 2.76 bits per heavy atom. The van der Waals surface area contributed by atoms with Gasteiger partial charge in [-0.1, -0.05) is 0 Å². The Morgan fingerprint density at radius 1 is 1.47 bits per heavy atom. The predicted molar refractivity (Wildman–Crippen MR) is 60.4 cm³/mol. The molecule has 1 atom stereocenters. The van der Waals surface area contributed by atoms with Gasteiger partial charge in [0.2, 0.25) is 0 Å². The van der Waals surface area contributed by atoms with E-state index in [1.165, 1.54) is 4.90 Å². The molecule has 1 aliphatic rings. The van der Waals surface area contributed by atoms with Crippen LogP contribution in [0.25, 0.3) is 0 Å². The molecule has 1 N–H and O–H groups in total. The minimum atomic E-state index is -0.417. The van der Waals surface area contributed by atoms with E-state index in [1.54, 1.807) is 24.3 Å². The van der Waals surface area contributed by atoms with Crippen LogP contribution in [0.4, 0.5) is 10.5 Å². The number of ether oxygens (including phenoxy) is 1. The number of hydrogen-bond donors (Lipinski definition) is 1. The van der Waals surface area contributed by atoms with Gasteiger partial charge in [-0.15, -0.1) is 0 Å². The lowest BCUT2D eigenvalue weighted by Gasteiger charge is -2.31. The molecule has 1 unspecified atom stereocenters. The molecule has 1 amide bonds. The molecular weight excluding hydrogens is 220 g/mol. The summed E-state index contributed by atoms with van der Waals surface area (Å²) in [7, 11) is 0. The third-order valence-corrected chi connectivity index (χ3v) is 2.67. The second-order valence-corrected chi connectivity index (χ2v) is 3.89. The summed E-state index contributed by atoms with van der Waals surface area (Å²) in [5, 5.41) is 17.7. The summed E-state index contributed by atoms with van der Waals surface area (Å²) in [6.07, 6.45) is -0.417. The summed E-state index contributed by atoms with van der Waals surface area (Å²) >= 11 is 0. The highest BCUT2D eigenvalue weighted by Gasteiger charge is 2.27. The van der Waals surface area contributed by atoms with E-state index in [-0.39, 0.29) is 19.1 Å². The molecule has 2 rings (SSSR count). The molecule has 5 nitrogen and oxygen atoms in total. The molecule has 0 spiro atoms. The Hall–Kier alpha value is -2.06. The lowest BCUT2D eigenvalue weighted by atomic mass is 10.1. The minimum Gasteiger partial charge on any atom is -0.449 e. The Bertz CT molecular complexity index is 450. The highest BCUT2D eigenvalue weighted by Crippen LogP contribution is 2.21. The second-order valence-electron chi connectivity index (χ2n) is 3.89. The molecular formula is C12H12N2O3. The van der Waals surface area contributed by atoms with Crippen molar-refractivity contribution in [3.63, 3.8) is 0 Å². The summed E-state index contributed by atoms with van der Waals surface area (Å²) in [4.78, 5) is 13.0. The first kappa shape index (κ1) is 11.4. The van der Waals surface area contributed by atoms with Crippen molar-refractivity contribution in [3.8, 4) is 6.07 Å². The lowest BCUT2D eigenvalue weighted by Crippen LogP contribution is -2.44. The number of cyclic esters (lactones) is 1. The zero-order valence-corrected chi connectivity index (χ0v) is 9.17. The normalized spacial score (nSPS) is 19.6. The van der Waals surface area contributed by atoms with Crippen molar-refractivity contribution < 1.29 is 14.6 Å². The van der Waals surface area contributed by atoms with Crippen molar-refractivity contribution in [2.45, 2.75) is 0 Å². The molecule has 5 heteroatoms. The molecule has 1 aromatic carbocycles. The third-order valence-electron chi connectivity index (χ3n) is 2.67. The van der Waals surface area contributed by atoms with Crippen molar-refractivity contribution in [1.82, 2.24) is 0 Å². The first-order valence-corrected chi connectivity index (χ1v) is 5.30. The van der Waals surface area contributed by atoms with Crippen LogP contribution in [0.15, 0.2) is 24.3 Å². The fraction of sp³-hybridized carbons (Fsp3) is 0.333.